The van der Waals surface area contributed by atoms with Crippen LogP contribution in [0.2, 0.25) is 10.0 Å². The van der Waals surface area contributed by atoms with E-state index in [1.807, 2.05) is 6.07 Å². The summed E-state index contributed by atoms with van der Waals surface area (Å²) in [5.41, 5.74) is 1.16. The Morgan fingerprint density at radius 1 is 1.16 bits per heavy atom. The number of halogens is 3. The molecule has 96 valence electrons. The lowest BCUT2D eigenvalue weighted by Crippen LogP contribution is -1.99. The monoisotopic (exact) mass is 355 g/mol. The van der Waals surface area contributed by atoms with Gasteiger partial charge in [0.15, 0.2) is 0 Å². The maximum atomic E-state index is 9.05. The number of benzene rings is 2. The van der Waals surface area contributed by atoms with Crippen LogP contribution in [0, 0.1) is 11.3 Å². The highest BCUT2D eigenvalue weighted by Gasteiger charge is 2.09. The fraction of sp³-hybridized carbons (Fsp3) is 0.0714. The fourth-order valence-corrected chi connectivity index (χ4v) is 2.40. The molecule has 0 saturated carbocycles. The van der Waals surface area contributed by atoms with Gasteiger partial charge in [0, 0.05) is 20.1 Å². The molecule has 2 aromatic rings. The van der Waals surface area contributed by atoms with Crippen molar-refractivity contribution in [2.24, 2.45) is 0 Å². The van der Waals surface area contributed by atoms with Crippen LogP contribution >= 0.6 is 39.1 Å². The minimum absolute atomic E-state index is 0.217. The van der Waals surface area contributed by atoms with Gasteiger partial charge >= 0.3 is 0 Å². The second-order valence-electron chi connectivity index (χ2n) is 3.74. The van der Waals surface area contributed by atoms with E-state index in [1.165, 1.54) is 0 Å². The first-order valence-corrected chi connectivity index (χ1v) is 6.92. The molecule has 5 heteroatoms. The molecule has 0 aliphatic rings. The van der Waals surface area contributed by atoms with Crippen LogP contribution in [0.25, 0.3) is 0 Å². The van der Waals surface area contributed by atoms with Gasteiger partial charge in [-0.1, -0.05) is 45.2 Å². The molecule has 0 aromatic heterocycles. The molecule has 0 spiro atoms. The van der Waals surface area contributed by atoms with Crippen LogP contribution in [0.15, 0.2) is 40.9 Å². The van der Waals surface area contributed by atoms with Crippen LogP contribution in [-0.4, -0.2) is 0 Å². The number of hydrogen-bond acceptors (Lipinski definition) is 2. The van der Waals surface area contributed by atoms with E-state index >= 15 is 0 Å². The standard InChI is InChI=1S/C14H8BrCl2NO/c15-10-4-5-14(9(6-10)7-18)19-8-11-12(16)2-1-3-13(11)17/h1-6H,8H2. The molecule has 19 heavy (non-hydrogen) atoms. The smallest absolute Gasteiger partial charge is 0.137 e. The van der Waals surface area contributed by atoms with Crippen molar-refractivity contribution in [3.05, 3.63) is 62.0 Å². The van der Waals surface area contributed by atoms with Crippen molar-refractivity contribution in [3.63, 3.8) is 0 Å². The van der Waals surface area contributed by atoms with Crippen molar-refractivity contribution in [2.45, 2.75) is 6.61 Å². The molecule has 0 saturated heterocycles. The minimum atomic E-state index is 0.217. The van der Waals surface area contributed by atoms with E-state index < -0.39 is 0 Å². The minimum Gasteiger partial charge on any atom is -0.487 e. The Labute approximate surface area is 129 Å². The van der Waals surface area contributed by atoms with Gasteiger partial charge in [-0.15, -0.1) is 0 Å². The first-order chi connectivity index (χ1) is 9.11. The quantitative estimate of drug-likeness (QED) is 0.756. The number of ether oxygens (including phenoxy) is 1. The third-order valence-electron chi connectivity index (χ3n) is 2.50. The van der Waals surface area contributed by atoms with Crippen LogP contribution in [0.1, 0.15) is 11.1 Å². The summed E-state index contributed by atoms with van der Waals surface area (Å²) in [4.78, 5) is 0. The average Bonchev–Trinajstić information content (AvgIpc) is 2.39. The summed E-state index contributed by atoms with van der Waals surface area (Å²) in [5, 5.41) is 10.1. The molecule has 0 aliphatic carbocycles. The molecular weight excluding hydrogens is 349 g/mol. The molecule has 0 atom stereocenters. The molecule has 0 amide bonds. The molecular formula is C14H8BrCl2NO. The van der Waals surface area contributed by atoms with Gasteiger partial charge in [0.2, 0.25) is 0 Å². The molecule has 0 heterocycles. The van der Waals surface area contributed by atoms with Crippen LogP contribution in [-0.2, 0) is 6.61 Å². The van der Waals surface area contributed by atoms with Crippen molar-refractivity contribution in [1.82, 2.24) is 0 Å². The van der Waals surface area contributed by atoms with E-state index in [4.69, 9.17) is 33.2 Å². The Bertz CT molecular complexity index is 632. The lowest BCUT2D eigenvalue weighted by atomic mass is 10.2. The summed E-state index contributed by atoms with van der Waals surface area (Å²) in [6.45, 7) is 0.217. The second-order valence-corrected chi connectivity index (χ2v) is 5.47. The molecule has 0 bridgehead atoms. The van der Waals surface area contributed by atoms with E-state index in [0.29, 0.717) is 26.9 Å². The summed E-state index contributed by atoms with van der Waals surface area (Å²) in [5.74, 6) is 0.502. The van der Waals surface area contributed by atoms with Crippen molar-refractivity contribution in [3.8, 4) is 11.8 Å². The third kappa shape index (κ3) is 3.42. The van der Waals surface area contributed by atoms with Crippen molar-refractivity contribution in [2.75, 3.05) is 0 Å². The van der Waals surface area contributed by atoms with E-state index in [-0.39, 0.29) is 6.61 Å². The Kier molecular flexibility index (Phi) is 4.71. The van der Waals surface area contributed by atoms with E-state index in [0.717, 1.165) is 4.47 Å². The lowest BCUT2D eigenvalue weighted by molar-refractivity contribution is 0.305. The molecule has 0 fully saturated rings. The van der Waals surface area contributed by atoms with Gasteiger partial charge in [-0.05, 0) is 30.3 Å². The van der Waals surface area contributed by atoms with Gasteiger partial charge in [0.25, 0.3) is 0 Å². The zero-order valence-electron chi connectivity index (χ0n) is 9.66. The highest BCUT2D eigenvalue weighted by molar-refractivity contribution is 9.10. The van der Waals surface area contributed by atoms with E-state index in [1.54, 1.807) is 30.3 Å². The number of nitriles is 1. The van der Waals surface area contributed by atoms with Gasteiger partial charge in [-0.2, -0.15) is 5.26 Å². The topological polar surface area (TPSA) is 33.0 Å². The Morgan fingerprint density at radius 3 is 2.47 bits per heavy atom. The Hall–Kier alpha value is -1.21. The second kappa shape index (κ2) is 6.29. The van der Waals surface area contributed by atoms with Gasteiger partial charge in [0.05, 0.1) is 5.56 Å². The Balaban J connectivity index is 2.22. The predicted molar refractivity (Wildman–Crippen MR) is 79.7 cm³/mol. The van der Waals surface area contributed by atoms with Gasteiger partial charge < -0.3 is 4.74 Å². The maximum absolute atomic E-state index is 9.05. The third-order valence-corrected chi connectivity index (χ3v) is 3.70. The van der Waals surface area contributed by atoms with Crippen LogP contribution in [0.5, 0.6) is 5.75 Å². The summed E-state index contributed by atoms with van der Waals surface area (Å²) in [6, 6.07) is 12.6. The summed E-state index contributed by atoms with van der Waals surface area (Å²) in [6.07, 6.45) is 0. The van der Waals surface area contributed by atoms with E-state index in [9.17, 15) is 0 Å². The van der Waals surface area contributed by atoms with Gasteiger partial charge in [0.1, 0.15) is 18.4 Å². The van der Waals surface area contributed by atoms with Crippen LogP contribution < -0.4 is 4.74 Å². The molecule has 0 radical (unpaired) electrons. The number of hydrogen-bond donors (Lipinski definition) is 0. The van der Waals surface area contributed by atoms with Gasteiger partial charge in [-0.3, -0.25) is 0 Å². The van der Waals surface area contributed by atoms with Gasteiger partial charge in [-0.25, -0.2) is 0 Å². The largest absolute Gasteiger partial charge is 0.487 e. The highest BCUT2D eigenvalue weighted by Crippen LogP contribution is 2.28. The predicted octanol–water partition coefficient (Wildman–Crippen LogP) is 5.21. The van der Waals surface area contributed by atoms with E-state index in [2.05, 4.69) is 22.0 Å². The fourth-order valence-electron chi connectivity index (χ4n) is 1.54. The van der Waals surface area contributed by atoms with Crippen LogP contribution in [0.3, 0.4) is 0 Å². The molecule has 2 aromatic carbocycles. The summed E-state index contributed by atoms with van der Waals surface area (Å²) in [7, 11) is 0. The van der Waals surface area contributed by atoms with Crippen molar-refractivity contribution >= 4 is 39.1 Å². The normalized spacial score (nSPS) is 10.0. The maximum Gasteiger partial charge on any atom is 0.137 e. The average molecular weight is 357 g/mol. The highest BCUT2D eigenvalue weighted by atomic mass is 79.9. The lowest BCUT2D eigenvalue weighted by Gasteiger charge is -2.10. The number of nitrogens with zero attached hydrogens (tertiary/aromatic N) is 1. The zero-order valence-corrected chi connectivity index (χ0v) is 12.8. The van der Waals surface area contributed by atoms with Crippen LogP contribution in [0.4, 0.5) is 0 Å². The molecule has 0 unspecified atom stereocenters. The summed E-state index contributed by atoms with van der Waals surface area (Å²) >= 11 is 15.4. The molecule has 0 aliphatic heterocycles. The molecule has 2 nitrogen and oxygen atoms in total. The zero-order chi connectivity index (χ0) is 13.8. The van der Waals surface area contributed by atoms with Crippen molar-refractivity contribution in [1.29, 1.82) is 5.26 Å². The first-order valence-electron chi connectivity index (χ1n) is 5.37. The molecule has 0 N–H and O–H groups in total. The Morgan fingerprint density at radius 2 is 1.84 bits per heavy atom. The van der Waals surface area contributed by atoms with Crippen molar-refractivity contribution < 1.29 is 4.74 Å². The molecule has 2 rings (SSSR count). The number of rotatable bonds is 3. The SMILES string of the molecule is N#Cc1cc(Br)ccc1OCc1c(Cl)cccc1Cl. The first kappa shape index (κ1) is 14.2. The summed E-state index contributed by atoms with van der Waals surface area (Å²) < 4.78 is 6.44.